The fraction of sp³-hybridized carbons (Fsp3) is 0.300. The van der Waals surface area contributed by atoms with Gasteiger partial charge in [0.15, 0.2) is 0 Å². The maximum atomic E-state index is 12.4. The van der Waals surface area contributed by atoms with Crippen LogP contribution in [0.15, 0.2) is 59.0 Å². The highest BCUT2D eigenvalue weighted by Crippen LogP contribution is 2.29. The molecule has 2 aromatic carbocycles. The summed E-state index contributed by atoms with van der Waals surface area (Å²) in [5.41, 5.74) is 1.78. The normalized spacial score (nSPS) is 16.0. The number of anilines is 1. The molecular weight excluding hydrogens is 357 g/mol. The number of alkyl halides is 3. The Labute approximate surface area is 154 Å². The third kappa shape index (κ3) is 4.36. The summed E-state index contributed by atoms with van der Waals surface area (Å²) in [6.45, 7) is 4.27. The van der Waals surface area contributed by atoms with Crippen molar-refractivity contribution in [2.24, 2.45) is 0 Å². The standard InChI is InChI=1S/C20H19F3N2O2/c21-20(22,23)27-17-6-7-19-15(12-17)13-18(26-19)14-24-8-10-25(11-9-24)16-4-2-1-3-5-16/h1-7,12-13H,8-11,14H2. The van der Waals surface area contributed by atoms with Crippen LogP contribution in [0.1, 0.15) is 5.76 Å². The van der Waals surface area contributed by atoms with Crippen molar-refractivity contribution in [2.45, 2.75) is 12.9 Å². The van der Waals surface area contributed by atoms with Gasteiger partial charge in [-0.15, -0.1) is 13.2 Å². The van der Waals surface area contributed by atoms with Crippen LogP contribution in [0.25, 0.3) is 11.0 Å². The van der Waals surface area contributed by atoms with Crippen molar-refractivity contribution in [2.75, 3.05) is 31.1 Å². The van der Waals surface area contributed by atoms with Crippen molar-refractivity contribution in [3.63, 3.8) is 0 Å². The molecule has 1 aliphatic rings. The van der Waals surface area contributed by atoms with Gasteiger partial charge in [-0.3, -0.25) is 4.90 Å². The fourth-order valence-electron chi connectivity index (χ4n) is 3.37. The third-order valence-corrected chi connectivity index (χ3v) is 4.65. The molecule has 0 saturated carbocycles. The minimum atomic E-state index is -4.70. The van der Waals surface area contributed by atoms with E-state index in [0.717, 1.165) is 31.9 Å². The van der Waals surface area contributed by atoms with Gasteiger partial charge in [0.05, 0.1) is 6.54 Å². The van der Waals surface area contributed by atoms with Crippen molar-refractivity contribution >= 4 is 16.7 Å². The molecule has 2 heterocycles. The minimum absolute atomic E-state index is 0.237. The summed E-state index contributed by atoms with van der Waals surface area (Å²) in [6, 6.07) is 16.2. The Balaban J connectivity index is 1.39. The summed E-state index contributed by atoms with van der Waals surface area (Å²) in [5, 5.41) is 0.606. The second-order valence-corrected chi connectivity index (χ2v) is 6.56. The van der Waals surface area contributed by atoms with Crippen LogP contribution >= 0.6 is 0 Å². The molecule has 3 aromatic rings. The van der Waals surface area contributed by atoms with E-state index < -0.39 is 6.36 Å². The summed E-state index contributed by atoms with van der Waals surface area (Å²) in [6.07, 6.45) is -4.70. The highest BCUT2D eigenvalue weighted by molar-refractivity contribution is 5.79. The molecule has 1 fully saturated rings. The topological polar surface area (TPSA) is 28.9 Å². The monoisotopic (exact) mass is 376 g/mol. The first-order chi connectivity index (χ1) is 13.0. The molecule has 0 atom stereocenters. The Morgan fingerprint density at radius 2 is 1.67 bits per heavy atom. The van der Waals surface area contributed by atoms with Crippen LogP contribution in [0.3, 0.4) is 0 Å². The van der Waals surface area contributed by atoms with Gasteiger partial charge < -0.3 is 14.1 Å². The summed E-state index contributed by atoms with van der Waals surface area (Å²) < 4.78 is 46.8. The number of hydrogen-bond donors (Lipinski definition) is 0. The Kier molecular flexibility index (Phi) is 4.70. The average molecular weight is 376 g/mol. The second-order valence-electron chi connectivity index (χ2n) is 6.56. The zero-order valence-corrected chi connectivity index (χ0v) is 14.6. The summed E-state index contributed by atoms with van der Waals surface area (Å²) in [4.78, 5) is 4.63. The molecule has 0 amide bonds. The SMILES string of the molecule is FC(F)(F)Oc1ccc2oc(CN3CCN(c4ccccc4)CC3)cc2c1. The molecule has 0 bridgehead atoms. The summed E-state index contributed by atoms with van der Waals surface area (Å²) in [5.74, 6) is 0.501. The number of halogens is 3. The average Bonchev–Trinajstić information content (AvgIpc) is 3.03. The lowest BCUT2D eigenvalue weighted by Gasteiger charge is -2.35. The first kappa shape index (κ1) is 17.7. The van der Waals surface area contributed by atoms with Gasteiger partial charge >= 0.3 is 6.36 Å². The van der Waals surface area contributed by atoms with Crippen molar-refractivity contribution in [3.05, 3.63) is 60.4 Å². The van der Waals surface area contributed by atoms with Crippen LogP contribution in [0.2, 0.25) is 0 Å². The quantitative estimate of drug-likeness (QED) is 0.663. The molecule has 4 nitrogen and oxygen atoms in total. The number of hydrogen-bond acceptors (Lipinski definition) is 4. The summed E-state index contributed by atoms with van der Waals surface area (Å²) in [7, 11) is 0. The third-order valence-electron chi connectivity index (χ3n) is 4.65. The van der Waals surface area contributed by atoms with Crippen LogP contribution in [-0.4, -0.2) is 37.4 Å². The van der Waals surface area contributed by atoms with E-state index in [1.807, 2.05) is 18.2 Å². The van der Waals surface area contributed by atoms with E-state index in [-0.39, 0.29) is 5.75 Å². The molecule has 142 valence electrons. The van der Waals surface area contributed by atoms with Gasteiger partial charge in [-0.05, 0) is 36.4 Å². The van der Waals surface area contributed by atoms with Crippen LogP contribution in [0.4, 0.5) is 18.9 Å². The number of benzene rings is 2. The zero-order valence-electron chi connectivity index (χ0n) is 14.6. The van der Waals surface area contributed by atoms with Crippen molar-refractivity contribution in [3.8, 4) is 5.75 Å². The van der Waals surface area contributed by atoms with Gasteiger partial charge in [0.2, 0.25) is 0 Å². The van der Waals surface area contributed by atoms with Gasteiger partial charge in [0, 0.05) is 37.3 Å². The molecule has 0 radical (unpaired) electrons. The molecule has 1 saturated heterocycles. The lowest BCUT2D eigenvalue weighted by Crippen LogP contribution is -2.45. The van der Waals surface area contributed by atoms with Gasteiger partial charge in [-0.25, -0.2) is 0 Å². The largest absolute Gasteiger partial charge is 0.573 e. The Morgan fingerprint density at radius 3 is 2.37 bits per heavy atom. The lowest BCUT2D eigenvalue weighted by molar-refractivity contribution is -0.274. The zero-order chi connectivity index (χ0) is 18.9. The predicted molar refractivity (Wildman–Crippen MR) is 96.8 cm³/mol. The van der Waals surface area contributed by atoms with E-state index in [1.165, 1.54) is 23.9 Å². The van der Waals surface area contributed by atoms with Crippen LogP contribution in [0.5, 0.6) is 5.75 Å². The number of fused-ring (bicyclic) bond motifs is 1. The molecule has 0 aliphatic carbocycles. The van der Waals surface area contributed by atoms with Crippen molar-refractivity contribution < 1.29 is 22.3 Å². The number of nitrogens with zero attached hydrogens (tertiary/aromatic N) is 2. The Morgan fingerprint density at radius 1 is 0.926 bits per heavy atom. The Hall–Kier alpha value is -2.67. The van der Waals surface area contributed by atoms with Crippen LogP contribution < -0.4 is 9.64 Å². The highest BCUT2D eigenvalue weighted by atomic mass is 19.4. The van der Waals surface area contributed by atoms with Gasteiger partial charge in [-0.1, -0.05) is 18.2 Å². The number of piperazine rings is 1. The van der Waals surface area contributed by atoms with Crippen molar-refractivity contribution in [1.82, 2.24) is 4.90 Å². The molecule has 0 unspecified atom stereocenters. The molecule has 1 aliphatic heterocycles. The highest BCUT2D eigenvalue weighted by Gasteiger charge is 2.31. The minimum Gasteiger partial charge on any atom is -0.460 e. The maximum absolute atomic E-state index is 12.4. The Bertz CT molecular complexity index is 900. The molecular formula is C20H19F3N2O2. The van der Waals surface area contributed by atoms with E-state index in [2.05, 4.69) is 26.7 Å². The first-order valence-electron chi connectivity index (χ1n) is 8.77. The number of furan rings is 1. The van der Waals surface area contributed by atoms with Crippen molar-refractivity contribution in [1.29, 1.82) is 0 Å². The van der Waals surface area contributed by atoms with Crippen LogP contribution in [0, 0.1) is 0 Å². The van der Waals surface area contributed by atoms with Gasteiger partial charge in [-0.2, -0.15) is 0 Å². The van der Waals surface area contributed by atoms with E-state index in [4.69, 9.17) is 4.42 Å². The number of rotatable bonds is 4. The van der Waals surface area contributed by atoms with E-state index in [9.17, 15) is 13.2 Å². The molecule has 1 aromatic heterocycles. The smallest absolute Gasteiger partial charge is 0.460 e. The maximum Gasteiger partial charge on any atom is 0.573 e. The number of ether oxygens (including phenoxy) is 1. The fourth-order valence-corrected chi connectivity index (χ4v) is 3.37. The second kappa shape index (κ2) is 7.15. The summed E-state index contributed by atoms with van der Waals surface area (Å²) >= 11 is 0. The lowest BCUT2D eigenvalue weighted by atomic mass is 10.2. The number of para-hydroxylation sites is 1. The van der Waals surface area contributed by atoms with E-state index in [0.29, 0.717) is 17.5 Å². The molecule has 27 heavy (non-hydrogen) atoms. The molecule has 7 heteroatoms. The molecule has 4 rings (SSSR count). The predicted octanol–water partition coefficient (Wildman–Crippen LogP) is 4.65. The van der Waals surface area contributed by atoms with E-state index >= 15 is 0 Å². The van der Waals surface area contributed by atoms with Gasteiger partial charge in [0.25, 0.3) is 0 Å². The first-order valence-corrected chi connectivity index (χ1v) is 8.77. The molecule has 0 N–H and O–H groups in total. The van der Waals surface area contributed by atoms with Gasteiger partial charge in [0.1, 0.15) is 17.1 Å². The van der Waals surface area contributed by atoms with Crippen LogP contribution in [-0.2, 0) is 6.54 Å². The van der Waals surface area contributed by atoms with E-state index in [1.54, 1.807) is 6.07 Å². The molecule has 0 spiro atoms.